The number of hydrogen-bond acceptors (Lipinski definition) is 2. The van der Waals surface area contributed by atoms with Crippen molar-refractivity contribution >= 4 is 5.78 Å². The Balaban J connectivity index is 2.21. The van der Waals surface area contributed by atoms with Gasteiger partial charge in [0.15, 0.2) is 5.78 Å². The Hall–Kier alpha value is -0.370. The Morgan fingerprint density at radius 2 is 2.08 bits per heavy atom. The lowest BCUT2D eigenvalue weighted by Gasteiger charge is -2.20. The zero-order chi connectivity index (χ0) is 9.09. The van der Waals surface area contributed by atoms with Crippen LogP contribution in [0.1, 0.15) is 27.2 Å². The number of hydrogen-bond donors (Lipinski definition) is 1. The van der Waals surface area contributed by atoms with Crippen LogP contribution in [0.3, 0.4) is 0 Å². The van der Waals surface area contributed by atoms with E-state index in [1.165, 1.54) is 0 Å². The number of fused-ring (bicyclic) bond motifs is 1. The maximum Gasteiger partial charge on any atom is 0.164 e. The van der Waals surface area contributed by atoms with Gasteiger partial charge in [-0.2, -0.15) is 0 Å². The Morgan fingerprint density at radius 1 is 1.50 bits per heavy atom. The molecule has 2 nitrogen and oxygen atoms in total. The van der Waals surface area contributed by atoms with Crippen molar-refractivity contribution < 1.29 is 9.90 Å². The summed E-state index contributed by atoms with van der Waals surface area (Å²) in [6.45, 7) is 6.23. The van der Waals surface area contributed by atoms with Crippen LogP contribution in [-0.2, 0) is 4.79 Å². The average Bonchev–Trinajstić information content (AvgIpc) is 2.49. The molecular formula is C10H16O2. The summed E-state index contributed by atoms with van der Waals surface area (Å²) < 4.78 is 0. The van der Waals surface area contributed by atoms with Crippen molar-refractivity contribution in [3.63, 3.8) is 0 Å². The van der Waals surface area contributed by atoms with Crippen molar-refractivity contribution in [1.29, 1.82) is 0 Å². The number of Topliss-reactive ketones (excluding diaryl/α,β-unsaturated/α-hetero) is 1. The van der Waals surface area contributed by atoms with Gasteiger partial charge in [0.2, 0.25) is 0 Å². The smallest absolute Gasteiger partial charge is 0.164 e. The third-order valence-corrected chi connectivity index (χ3v) is 3.86. The molecule has 68 valence electrons. The van der Waals surface area contributed by atoms with Crippen LogP contribution in [0.15, 0.2) is 0 Å². The van der Waals surface area contributed by atoms with E-state index in [-0.39, 0.29) is 23.0 Å². The summed E-state index contributed by atoms with van der Waals surface area (Å²) in [4.78, 5) is 11.4. The first-order valence-electron chi connectivity index (χ1n) is 4.68. The second-order valence-corrected chi connectivity index (χ2v) is 4.94. The molecule has 0 saturated heterocycles. The number of ketones is 1. The van der Waals surface area contributed by atoms with E-state index in [9.17, 15) is 9.90 Å². The van der Waals surface area contributed by atoms with Crippen molar-refractivity contribution in [3.8, 4) is 0 Å². The van der Waals surface area contributed by atoms with E-state index in [2.05, 4.69) is 13.8 Å². The molecule has 2 aliphatic rings. The van der Waals surface area contributed by atoms with Crippen molar-refractivity contribution in [2.24, 2.45) is 23.2 Å². The molecule has 2 aliphatic carbocycles. The second kappa shape index (κ2) is 2.11. The SMILES string of the molecule is CC1CC2C(C(O)C1=O)C2(C)C. The van der Waals surface area contributed by atoms with Crippen molar-refractivity contribution in [3.05, 3.63) is 0 Å². The molecule has 0 aromatic rings. The summed E-state index contributed by atoms with van der Waals surface area (Å²) in [7, 11) is 0. The minimum absolute atomic E-state index is 0.0572. The molecular weight excluding hydrogens is 152 g/mol. The summed E-state index contributed by atoms with van der Waals surface area (Å²) in [6.07, 6.45) is 0.307. The number of aliphatic hydroxyl groups excluding tert-OH is 1. The second-order valence-electron chi connectivity index (χ2n) is 4.94. The Kier molecular flexibility index (Phi) is 1.45. The van der Waals surface area contributed by atoms with Crippen LogP contribution in [0, 0.1) is 23.2 Å². The van der Waals surface area contributed by atoms with Gasteiger partial charge in [0.1, 0.15) is 6.10 Å². The number of rotatable bonds is 0. The van der Waals surface area contributed by atoms with Crippen LogP contribution in [0.2, 0.25) is 0 Å². The summed E-state index contributed by atoms with van der Waals surface area (Å²) in [6, 6.07) is 0. The summed E-state index contributed by atoms with van der Waals surface area (Å²) >= 11 is 0. The molecule has 0 aromatic heterocycles. The fourth-order valence-electron chi connectivity index (χ4n) is 2.83. The van der Waals surface area contributed by atoms with Crippen LogP contribution in [-0.4, -0.2) is 17.0 Å². The Bertz CT molecular complexity index is 232. The Labute approximate surface area is 73.0 Å². The highest BCUT2D eigenvalue weighted by atomic mass is 16.3. The van der Waals surface area contributed by atoms with E-state index < -0.39 is 6.10 Å². The molecule has 0 heterocycles. The predicted molar refractivity (Wildman–Crippen MR) is 45.6 cm³/mol. The van der Waals surface area contributed by atoms with Crippen molar-refractivity contribution in [2.75, 3.05) is 0 Å². The van der Waals surface area contributed by atoms with E-state index in [0.717, 1.165) is 6.42 Å². The lowest BCUT2D eigenvalue weighted by Crippen LogP contribution is -2.33. The summed E-state index contributed by atoms with van der Waals surface area (Å²) in [5, 5.41) is 9.64. The monoisotopic (exact) mass is 168 g/mol. The van der Waals surface area contributed by atoms with Crippen LogP contribution in [0.25, 0.3) is 0 Å². The highest BCUT2D eigenvalue weighted by Crippen LogP contribution is 2.64. The van der Waals surface area contributed by atoms with Crippen LogP contribution >= 0.6 is 0 Å². The van der Waals surface area contributed by atoms with Gasteiger partial charge in [-0.25, -0.2) is 0 Å². The van der Waals surface area contributed by atoms with E-state index in [1.807, 2.05) is 6.92 Å². The first-order chi connectivity index (χ1) is 5.46. The normalized spacial score (nSPS) is 50.2. The van der Waals surface area contributed by atoms with E-state index in [4.69, 9.17) is 0 Å². The van der Waals surface area contributed by atoms with Gasteiger partial charge in [-0.15, -0.1) is 0 Å². The topological polar surface area (TPSA) is 37.3 Å². The molecule has 4 unspecified atom stereocenters. The first-order valence-corrected chi connectivity index (χ1v) is 4.68. The third-order valence-electron chi connectivity index (χ3n) is 3.86. The minimum Gasteiger partial charge on any atom is -0.385 e. The molecule has 0 radical (unpaired) electrons. The quantitative estimate of drug-likeness (QED) is 0.590. The Morgan fingerprint density at radius 3 is 2.67 bits per heavy atom. The van der Waals surface area contributed by atoms with E-state index in [0.29, 0.717) is 5.92 Å². The third kappa shape index (κ3) is 0.817. The molecule has 2 fully saturated rings. The van der Waals surface area contributed by atoms with E-state index >= 15 is 0 Å². The molecule has 2 rings (SSSR count). The first kappa shape index (κ1) is 8.24. The zero-order valence-electron chi connectivity index (χ0n) is 7.87. The number of carbonyl (C=O) groups is 1. The fourth-order valence-corrected chi connectivity index (χ4v) is 2.83. The van der Waals surface area contributed by atoms with Crippen molar-refractivity contribution in [1.82, 2.24) is 0 Å². The van der Waals surface area contributed by atoms with Gasteiger partial charge in [-0.1, -0.05) is 20.8 Å². The molecule has 0 bridgehead atoms. The fraction of sp³-hybridized carbons (Fsp3) is 0.900. The number of carbonyl (C=O) groups excluding carboxylic acids is 1. The molecule has 12 heavy (non-hydrogen) atoms. The van der Waals surface area contributed by atoms with Crippen LogP contribution in [0.4, 0.5) is 0 Å². The zero-order valence-corrected chi connectivity index (χ0v) is 7.87. The summed E-state index contributed by atoms with van der Waals surface area (Å²) in [5.74, 6) is 0.964. The highest BCUT2D eigenvalue weighted by Gasteiger charge is 2.65. The van der Waals surface area contributed by atoms with Gasteiger partial charge in [0.05, 0.1) is 0 Å². The lowest BCUT2D eigenvalue weighted by atomic mass is 9.87. The number of aliphatic hydroxyl groups is 1. The largest absolute Gasteiger partial charge is 0.385 e. The maximum absolute atomic E-state index is 11.4. The van der Waals surface area contributed by atoms with Crippen molar-refractivity contribution in [2.45, 2.75) is 33.3 Å². The van der Waals surface area contributed by atoms with Gasteiger partial charge < -0.3 is 5.11 Å². The van der Waals surface area contributed by atoms with Gasteiger partial charge in [0.25, 0.3) is 0 Å². The maximum atomic E-state index is 11.4. The molecule has 0 aliphatic heterocycles. The van der Waals surface area contributed by atoms with Gasteiger partial charge >= 0.3 is 0 Å². The lowest BCUT2D eigenvalue weighted by molar-refractivity contribution is -0.134. The molecule has 2 saturated carbocycles. The molecule has 0 amide bonds. The van der Waals surface area contributed by atoms with Gasteiger partial charge in [-0.05, 0) is 17.8 Å². The van der Waals surface area contributed by atoms with E-state index in [1.54, 1.807) is 0 Å². The minimum atomic E-state index is -0.672. The molecule has 1 N–H and O–H groups in total. The predicted octanol–water partition coefficient (Wildman–Crippen LogP) is 1.23. The standard InChI is InChI=1S/C10H16O2/c1-5-4-6-7(10(6,2)3)9(12)8(5)11/h5-7,9,12H,4H2,1-3H3. The van der Waals surface area contributed by atoms with Crippen LogP contribution in [0.5, 0.6) is 0 Å². The molecule has 2 heteroatoms. The van der Waals surface area contributed by atoms with Gasteiger partial charge in [-0.3, -0.25) is 4.79 Å². The molecule has 0 aromatic carbocycles. The van der Waals surface area contributed by atoms with Gasteiger partial charge in [0, 0.05) is 11.8 Å². The highest BCUT2D eigenvalue weighted by molar-refractivity contribution is 5.87. The van der Waals surface area contributed by atoms with Crippen LogP contribution < -0.4 is 0 Å². The molecule has 4 atom stereocenters. The average molecular weight is 168 g/mol. The molecule has 0 spiro atoms. The summed E-state index contributed by atoms with van der Waals surface area (Å²) in [5.41, 5.74) is 0.208.